The molecule has 0 amide bonds. The Kier molecular flexibility index (Phi) is 5.26. The van der Waals surface area contributed by atoms with E-state index < -0.39 is 0 Å². The van der Waals surface area contributed by atoms with Gasteiger partial charge in [0.2, 0.25) is 0 Å². The second-order valence-corrected chi connectivity index (χ2v) is 3.47. The van der Waals surface area contributed by atoms with Crippen molar-refractivity contribution < 1.29 is 9.53 Å². The minimum Gasteiger partial charge on any atom is -0.466 e. The standard InChI is InChI=1S/C13H16NO2/c1-2-16-13(15)10-6-9-12(14)11-7-4-3-5-8-11/h3-5,7-8H,2,6,9-10H2,1H3. The van der Waals surface area contributed by atoms with Gasteiger partial charge in [0.1, 0.15) is 0 Å². The van der Waals surface area contributed by atoms with E-state index in [0.717, 1.165) is 5.56 Å². The Morgan fingerprint density at radius 2 is 1.94 bits per heavy atom. The fraction of sp³-hybridized carbons (Fsp3) is 0.385. The van der Waals surface area contributed by atoms with Crippen LogP contribution in [0.1, 0.15) is 31.7 Å². The van der Waals surface area contributed by atoms with Crippen molar-refractivity contribution in [3.8, 4) is 0 Å². The predicted molar refractivity (Wildman–Crippen MR) is 63.2 cm³/mol. The molecule has 0 heterocycles. The first-order valence-corrected chi connectivity index (χ1v) is 5.50. The molecule has 0 N–H and O–H groups in total. The largest absolute Gasteiger partial charge is 0.466 e. The van der Waals surface area contributed by atoms with Gasteiger partial charge in [-0.3, -0.25) is 4.79 Å². The molecule has 1 radical (unpaired) electrons. The molecule has 0 saturated carbocycles. The summed E-state index contributed by atoms with van der Waals surface area (Å²) in [6.45, 7) is 2.19. The number of carbonyl (C=O) groups excluding carboxylic acids is 1. The van der Waals surface area contributed by atoms with Crippen molar-refractivity contribution in [2.45, 2.75) is 26.2 Å². The zero-order chi connectivity index (χ0) is 11.8. The molecule has 0 unspecified atom stereocenters. The first-order chi connectivity index (χ1) is 7.74. The van der Waals surface area contributed by atoms with E-state index in [-0.39, 0.29) is 5.97 Å². The molecule has 0 fully saturated rings. The van der Waals surface area contributed by atoms with Crippen LogP contribution in [0.4, 0.5) is 0 Å². The normalized spacial score (nSPS) is 9.81. The number of esters is 1. The van der Waals surface area contributed by atoms with Gasteiger partial charge in [-0.25, -0.2) is 0 Å². The maximum atomic E-state index is 11.0. The van der Waals surface area contributed by atoms with Crippen LogP contribution in [0, 0.1) is 0 Å². The van der Waals surface area contributed by atoms with Gasteiger partial charge in [0, 0.05) is 6.42 Å². The second kappa shape index (κ2) is 6.77. The summed E-state index contributed by atoms with van der Waals surface area (Å²) in [5, 5.41) is 9.73. The highest BCUT2D eigenvalue weighted by Crippen LogP contribution is 2.06. The minimum atomic E-state index is -0.205. The van der Waals surface area contributed by atoms with E-state index in [1.54, 1.807) is 6.92 Å². The van der Waals surface area contributed by atoms with Crippen LogP contribution in [0.25, 0.3) is 0 Å². The van der Waals surface area contributed by atoms with Crippen molar-refractivity contribution in [3.05, 3.63) is 35.9 Å². The maximum absolute atomic E-state index is 11.0. The van der Waals surface area contributed by atoms with E-state index in [2.05, 4.69) is 0 Å². The van der Waals surface area contributed by atoms with Crippen LogP contribution >= 0.6 is 0 Å². The molecule has 0 spiro atoms. The Labute approximate surface area is 95.9 Å². The van der Waals surface area contributed by atoms with Gasteiger partial charge in [-0.05, 0) is 25.3 Å². The molecule has 0 aliphatic carbocycles. The number of hydrogen-bond acceptors (Lipinski definition) is 2. The Morgan fingerprint density at radius 3 is 2.56 bits per heavy atom. The Bertz CT molecular complexity index is 346. The SMILES string of the molecule is CCOC(=O)CCCC(=[N])c1ccccc1. The van der Waals surface area contributed by atoms with Gasteiger partial charge in [0.05, 0.1) is 12.3 Å². The lowest BCUT2D eigenvalue weighted by Gasteiger charge is -2.03. The lowest BCUT2D eigenvalue weighted by Crippen LogP contribution is -2.06. The molecule has 0 aliphatic heterocycles. The highest BCUT2D eigenvalue weighted by molar-refractivity contribution is 5.98. The lowest BCUT2D eigenvalue weighted by molar-refractivity contribution is -0.143. The highest BCUT2D eigenvalue weighted by atomic mass is 16.5. The predicted octanol–water partition coefficient (Wildman–Crippen LogP) is 2.01. The summed E-state index contributed by atoms with van der Waals surface area (Å²) in [5.41, 5.74) is 1.14. The average Bonchev–Trinajstić information content (AvgIpc) is 2.30. The van der Waals surface area contributed by atoms with E-state index in [4.69, 9.17) is 4.74 Å². The molecule has 0 atom stereocenters. The molecule has 1 aromatic rings. The smallest absolute Gasteiger partial charge is 0.305 e. The summed E-state index contributed by atoms with van der Waals surface area (Å²) < 4.78 is 4.80. The van der Waals surface area contributed by atoms with Crippen LogP contribution in [0.3, 0.4) is 0 Å². The number of carbonyl (C=O) groups is 1. The molecule has 0 bridgehead atoms. The molecule has 3 heteroatoms. The fourth-order valence-electron chi connectivity index (χ4n) is 1.41. The molecular weight excluding hydrogens is 202 g/mol. The molecule has 85 valence electrons. The number of hydrogen-bond donors (Lipinski definition) is 0. The van der Waals surface area contributed by atoms with E-state index in [1.807, 2.05) is 30.3 Å². The number of nitrogens with zero attached hydrogens (tertiary/aromatic N) is 1. The van der Waals surface area contributed by atoms with Crippen molar-refractivity contribution in [2.24, 2.45) is 0 Å². The molecule has 1 rings (SSSR count). The summed E-state index contributed by atoms with van der Waals surface area (Å²) in [7, 11) is 0. The van der Waals surface area contributed by atoms with Crippen LogP contribution in [0.2, 0.25) is 0 Å². The molecule has 16 heavy (non-hydrogen) atoms. The van der Waals surface area contributed by atoms with E-state index in [9.17, 15) is 10.2 Å². The van der Waals surface area contributed by atoms with Gasteiger partial charge < -0.3 is 4.74 Å². The monoisotopic (exact) mass is 218 g/mol. The number of rotatable bonds is 6. The van der Waals surface area contributed by atoms with Gasteiger partial charge in [-0.1, -0.05) is 30.3 Å². The van der Waals surface area contributed by atoms with Gasteiger partial charge in [0.25, 0.3) is 0 Å². The zero-order valence-corrected chi connectivity index (χ0v) is 9.48. The third kappa shape index (κ3) is 4.26. The average molecular weight is 218 g/mol. The van der Waals surface area contributed by atoms with Gasteiger partial charge in [0.15, 0.2) is 0 Å². The summed E-state index contributed by atoms with van der Waals surface area (Å²) in [5.74, 6) is -0.205. The number of benzene rings is 1. The van der Waals surface area contributed by atoms with Crippen LogP contribution < -0.4 is 5.41 Å². The summed E-state index contributed by atoms with van der Waals surface area (Å²) >= 11 is 0. The Hall–Kier alpha value is -1.64. The quantitative estimate of drug-likeness (QED) is 0.541. The molecule has 0 aromatic heterocycles. The van der Waals surface area contributed by atoms with Crippen molar-refractivity contribution in [2.75, 3.05) is 6.61 Å². The minimum absolute atomic E-state index is 0.205. The molecule has 0 saturated heterocycles. The van der Waals surface area contributed by atoms with Crippen LogP contribution in [-0.2, 0) is 9.53 Å². The lowest BCUT2D eigenvalue weighted by atomic mass is 10.1. The molecule has 0 aliphatic rings. The first-order valence-electron chi connectivity index (χ1n) is 5.50. The van der Waals surface area contributed by atoms with Crippen LogP contribution in [-0.4, -0.2) is 18.3 Å². The van der Waals surface area contributed by atoms with Crippen LogP contribution in [0.5, 0.6) is 0 Å². The van der Waals surface area contributed by atoms with Crippen molar-refractivity contribution >= 4 is 11.7 Å². The first kappa shape index (κ1) is 12.4. The topological polar surface area (TPSA) is 48.6 Å². The molecule has 3 nitrogen and oxygen atoms in total. The zero-order valence-electron chi connectivity index (χ0n) is 9.48. The fourth-order valence-corrected chi connectivity index (χ4v) is 1.41. The van der Waals surface area contributed by atoms with Crippen LogP contribution in [0.15, 0.2) is 30.3 Å². The number of ether oxygens (including phenoxy) is 1. The summed E-state index contributed by atoms with van der Waals surface area (Å²) in [4.78, 5) is 11.0. The summed E-state index contributed by atoms with van der Waals surface area (Å²) in [6, 6.07) is 9.34. The van der Waals surface area contributed by atoms with E-state index in [0.29, 0.717) is 31.6 Å². The van der Waals surface area contributed by atoms with E-state index >= 15 is 0 Å². The van der Waals surface area contributed by atoms with Gasteiger partial charge in [-0.15, -0.1) is 0 Å². The Balaban J connectivity index is 2.29. The maximum Gasteiger partial charge on any atom is 0.305 e. The van der Waals surface area contributed by atoms with E-state index in [1.165, 1.54) is 0 Å². The van der Waals surface area contributed by atoms with Crippen molar-refractivity contribution in [1.29, 1.82) is 0 Å². The second-order valence-electron chi connectivity index (χ2n) is 3.47. The van der Waals surface area contributed by atoms with Crippen molar-refractivity contribution in [1.82, 2.24) is 5.41 Å². The van der Waals surface area contributed by atoms with Crippen molar-refractivity contribution in [3.63, 3.8) is 0 Å². The van der Waals surface area contributed by atoms with Gasteiger partial charge >= 0.3 is 5.97 Å². The molecular formula is C13H16NO2. The highest BCUT2D eigenvalue weighted by Gasteiger charge is 2.05. The molecule has 1 aromatic carbocycles. The summed E-state index contributed by atoms with van der Waals surface area (Å²) in [6.07, 6.45) is 1.47. The Morgan fingerprint density at radius 1 is 1.25 bits per heavy atom. The van der Waals surface area contributed by atoms with Gasteiger partial charge in [-0.2, -0.15) is 5.41 Å². The third-order valence-corrected chi connectivity index (χ3v) is 2.21. The third-order valence-electron chi connectivity index (χ3n) is 2.21.